The van der Waals surface area contributed by atoms with Crippen molar-refractivity contribution in [2.45, 2.75) is 91.8 Å². The van der Waals surface area contributed by atoms with Gasteiger partial charge in [-0.2, -0.15) is 0 Å². The van der Waals surface area contributed by atoms with Crippen molar-refractivity contribution in [2.24, 2.45) is 0 Å². The summed E-state index contributed by atoms with van der Waals surface area (Å²) in [5.74, 6) is 0.254. The van der Waals surface area contributed by atoms with Gasteiger partial charge in [0.1, 0.15) is 5.75 Å². The van der Waals surface area contributed by atoms with Crippen LogP contribution >= 0.6 is 0 Å². The molecule has 0 saturated heterocycles. The van der Waals surface area contributed by atoms with Gasteiger partial charge >= 0.3 is 11.7 Å². The number of carbonyl (C=O) groups excluding carboxylic acids is 1. The lowest BCUT2D eigenvalue weighted by atomic mass is 9.87. The summed E-state index contributed by atoms with van der Waals surface area (Å²) >= 11 is 0. The van der Waals surface area contributed by atoms with E-state index >= 15 is 0 Å². The highest BCUT2D eigenvalue weighted by Gasteiger charge is 2.31. The van der Waals surface area contributed by atoms with E-state index < -0.39 is 5.60 Å². The lowest BCUT2D eigenvalue weighted by Crippen LogP contribution is -2.39. The zero-order valence-electron chi connectivity index (χ0n) is 23.5. The fraction of sp³-hybridized carbons (Fsp3) is 0.484. The van der Waals surface area contributed by atoms with Gasteiger partial charge in [-0.25, -0.2) is 9.59 Å². The van der Waals surface area contributed by atoms with Crippen LogP contribution in [0.4, 0.5) is 0 Å². The van der Waals surface area contributed by atoms with Gasteiger partial charge in [0.15, 0.2) is 5.60 Å². The predicted molar refractivity (Wildman–Crippen MR) is 148 cm³/mol. The monoisotopic (exact) mass is 506 g/mol. The summed E-state index contributed by atoms with van der Waals surface area (Å²) in [5, 5.41) is 0. The van der Waals surface area contributed by atoms with E-state index in [0.29, 0.717) is 25.4 Å². The minimum atomic E-state index is -1.04. The summed E-state index contributed by atoms with van der Waals surface area (Å²) in [6.45, 7) is 15.4. The van der Waals surface area contributed by atoms with Gasteiger partial charge in [-0.05, 0) is 81.2 Å². The van der Waals surface area contributed by atoms with Gasteiger partial charge in [-0.1, -0.05) is 57.2 Å². The molecule has 3 rings (SSSR count). The SMILES string of the molecule is CCOC(=O)C(C)(C)Oc1ccc(CCCc2cn(Cc3ccc(C(C)(C)C)cc3)c(=O)n2CC)cc1. The van der Waals surface area contributed by atoms with Gasteiger partial charge in [-0.15, -0.1) is 0 Å². The van der Waals surface area contributed by atoms with Crippen LogP contribution in [0.25, 0.3) is 0 Å². The Hall–Kier alpha value is -3.28. The summed E-state index contributed by atoms with van der Waals surface area (Å²) in [6.07, 6.45) is 4.66. The van der Waals surface area contributed by atoms with Gasteiger partial charge in [0.25, 0.3) is 0 Å². The fourth-order valence-corrected chi connectivity index (χ4v) is 4.38. The number of hydrogen-bond donors (Lipinski definition) is 0. The maximum Gasteiger partial charge on any atom is 0.349 e. The van der Waals surface area contributed by atoms with Crippen LogP contribution < -0.4 is 10.4 Å². The maximum atomic E-state index is 13.0. The van der Waals surface area contributed by atoms with Crippen molar-refractivity contribution in [3.63, 3.8) is 0 Å². The lowest BCUT2D eigenvalue weighted by Gasteiger charge is -2.24. The normalized spacial score (nSPS) is 12.0. The molecule has 3 aromatic rings. The van der Waals surface area contributed by atoms with E-state index in [1.165, 1.54) is 11.1 Å². The molecule has 1 aromatic heterocycles. The first kappa shape index (κ1) is 28.3. The number of ether oxygens (including phenoxy) is 2. The van der Waals surface area contributed by atoms with Gasteiger partial charge < -0.3 is 9.47 Å². The van der Waals surface area contributed by atoms with E-state index in [0.717, 1.165) is 30.5 Å². The van der Waals surface area contributed by atoms with E-state index in [4.69, 9.17) is 9.47 Å². The highest BCUT2D eigenvalue weighted by molar-refractivity contribution is 5.79. The van der Waals surface area contributed by atoms with E-state index in [2.05, 4.69) is 45.0 Å². The zero-order chi connectivity index (χ0) is 27.2. The molecule has 2 aromatic carbocycles. The van der Waals surface area contributed by atoms with Crippen molar-refractivity contribution >= 4 is 5.97 Å². The largest absolute Gasteiger partial charge is 0.476 e. The van der Waals surface area contributed by atoms with Gasteiger partial charge in [0.05, 0.1) is 13.2 Å². The summed E-state index contributed by atoms with van der Waals surface area (Å²) in [7, 11) is 0. The standard InChI is InChI=1S/C31H42N2O4/c1-8-33-26(22-32(29(33)35)21-24-13-17-25(18-14-24)30(3,4)5)12-10-11-23-15-19-27(20-16-23)37-31(6,7)28(34)36-9-2/h13-20,22H,8-12,21H2,1-7H3. The zero-order valence-corrected chi connectivity index (χ0v) is 23.5. The molecule has 0 aliphatic carbocycles. The van der Waals surface area contributed by atoms with Crippen molar-refractivity contribution in [3.8, 4) is 5.75 Å². The fourth-order valence-electron chi connectivity index (χ4n) is 4.38. The number of benzene rings is 2. The average Bonchev–Trinajstić information content (AvgIpc) is 3.13. The Morgan fingerprint density at radius 1 is 0.865 bits per heavy atom. The molecule has 1 heterocycles. The molecule has 200 valence electrons. The summed E-state index contributed by atoms with van der Waals surface area (Å²) in [4.78, 5) is 25.1. The van der Waals surface area contributed by atoms with E-state index in [1.807, 2.05) is 46.5 Å². The Balaban J connectivity index is 1.60. The second-order valence-corrected chi connectivity index (χ2v) is 11.1. The van der Waals surface area contributed by atoms with Crippen molar-refractivity contribution < 1.29 is 14.3 Å². The van der Waals surface area contributed by atoms with Crippen LogP contribution in [0, 0.1) is 0 Å². The predicted octanol–water partition coefficient (Wildman–Crippen LogP) is 5.91. The Morgan fingerprint density at radius 3 is 2.05 bits per heavy atom. The van der Waals surface area contributed by atoms with Crippen molar-refractivity contribution in [2.75, 3.05) is 6.61 Å². The molecule has 6 nitrogen and oxygen atoms in total. The minimum absolute atomic E-state index is 0.0445. The number of aromatic nitrogens is 2. The van der Waals surface area contributed by atoms with E-state index in [1.54, 1.807) is 20.8 Å². The molecule has 0 spiro atoms. The van der Waals surface area contributed by atoms with Crippen LogP contribution in [0.5, 0.6) is 5.75 Å². The molecule has 0 bridgehead atoms. The highest BCUT2D eigenvalue weighted by Crippen LogP contribution is 2.23. The van der Waals surface area contributed by atoms with Crippen molar-refractivity contribution in [1.82, 2.24) is 9.13 Å². The number of aryl methyl sites for hydroxylation is 2. The second-order valence-electron chi connectivity index (χ2n) is 11.1. The summed E-state index contributed by atoms with van der Waals surface area (Å²) in [5.41, 5.74) is 3.79. The van der Waals surface area contributed by atoms with E-state index in [9.17, 15) is 9.59 Å². The molecule has 0 N–H and O–H groups in total. The number of imidazole rings is 1. The molecule has 0 aliphatic rings. The molecule has 0 atom stereocenters. The average molecular weight is 507 g/mol. The third kappa shape index (κ3) is 7.37. The minimum Gasteiger partial charge on any atom is -0.476 e. The molecular weight excluding hydrogens is 464 g/mol. The smallest absolute Gasteiger partial charge is 0.349 e. The third-order valence-electron chi connectivity index (χ3n) is 6.58. The second kappa shape index (κ2) is 11.8. The molecule has 6 heteroatoms. The number of carbonyl (C=O) groups is 1. The van der Waals surface area contributed by atoms with Crippen LogP contribution in [-0.2, 0) is 40.9 Å². The summed E-state index contributed by atoms with van der Waals surface area (Å²) in [6, 6.07) is 16.4. The van der Waals surface area contributed by atoms with Gasteiger partial charge in [0, 0.05) is 18.4 Å². The van der Waals surface area contributed by atoms with Crippen LogP contribution in [0.1, 0.15) is 77.3 Å². The number of nitrogens with zero attached hydrogens (tertiary/aromatic N) is 2. The maximum absolute atomic E-state index is 13.0. The third-order valence-corrected chi connectivity index (χ3v) is 6.58. The number of hydrogen-bond acceptors (Lipinski definition) is 4. The molecule has 0 radical (unpaired) electrons. The Bertz CT molecular complexity index is 1230. The van der Waals surface area contributed by atoms with Crippen LogP contribution in [0.2, 0.25) is 0 Å². The first-order valence-corrected chi connectivity index (χ1v) is 13.3. The lowest BCUT2D eigenvalue weighted by molar-refractivity contribution is -0.158. The molecule has 0 amide bonds. The Labute approximate surface area is 221 Å². The molecular formula is C31H42N2O4. The first-order valence-electron chi connectivity index (χ1n) is 13.3. The van der Waals surface area contributed by atoms with Crippen LogP contribution in [0.15, 0.2) is 59.5 Å². The highest BCUT2D eigenvalue weighted by atomic mass is 16.6. The molecule has 0 saturated carbocycles. The van der Waals surface area contributed by atoms with Crippen molar-refractivity contribution in [1.29, 1.82) is 0 Å². The molecule has 0 fully saturated rings. The molecule has 0 aliphatic heterocycles. The topological polar surface area (TPSA) is 62.5 Å². The summed E-state index contributed by atoms with van der Waals surface area (Å²) < 4.78 is 14.6. The van der Waals surface area contributed by atoms with Crippen LogP contribution in [0.3, 0.4) is 0 Å². The van der Waals surface area contributed by atoms with Gasteiger partial charge in [0.2, 0.25) is 0 Å². The quantitative estimate of drug-likeness (QED) is 0.303. The Morgan fingerprint density at radius 2 is 1.49 bits per heavy atom. The van der Waals surface area contributed by atoms with Crippen molar-refractivity contribution in [3.05, 3.63) is 87.6 Å². The number of esters is 1. The molecule has 37 heavy (non-hydrogen) atoms. The van der Waals surface area contributed by atoms with Crippen LogP contribution in [-0.4, -0.2) is 27.3 Å². The number of rotatable bonds is 11. The Kier molecular flexibility index (Phi) is 9.06. The molecule has 0 unspecified atom stereocenters. The van der Waals surface area contributed by atoms with Gasteiger partial charge in [-0.3, -0.25) is 9.13 Å². The van der Waals surface area contributed by atoms with E-state index in [-0.39, 0.29) is 17.1 Å². The first-order chi connectivity index (χ1) is 17.4.